The molecule has 0 radical (unpaired) electrons. The van der Waals surface area contributed by atoms with E-state index >= 15 is 0 Å². The number of ether oxygens (including phenoxy) is 1. The predicted molar refractivity (Wildman–Crippen MR) is 112 cm³/mol. The van der Waals surface area contributed by atoms with Crippen LogP contribution < -0.4 is 20.7 Å². The summed E-state index contributed by atoms with van der Waals surface area (Å²) in [6.45, 7) is -3.17. The maximum absolute atomic E-state index is 12.6. The number of amides is 2. The monoisotopic (exact) mass is 442 g/mol. The molecule has 0 unspecified atom stereocenters. The normalized spacial score (nSPS) is 14.6. The Bertz CT molecular complexity index is 1260. The van der Waals surface area contributed by atoms with Gasteiger partial charge in [-0.2, -0.15) is 4.98 Å². The lowest BCUT2D eigenvalue weighted by Gasteiger charge is -2.15. The Morgan fingerprint density at radius 1 is 1.31 bits per heavy atom. The smallest absolute Gasteiger partial charge is 0.273 e. The number of hydrogen-bond donors (Lipinski definition) is 4. The van der Waals surface area contributed by atoms with Crippen LogP contribution in [-0.4, -0.2) is 51.3 Å². The Morgan fingerprint density at radius 3 is 2.84 bits per heavy atom. The summed E-state index contributed by atoms with van der Waals surface area (Å²) >= 11 is 0. The zero-order valence-corrected chi connectivity index (χ0v) is 16.9. The summed E-state index contributed by atoms with van der Waals surface area (Å²) in [6, 6.07) is 6.28. The van der Waals surface area contributed by atoms with Crippen LogP contribution >= 0.6 is 0 Å². The number of carbonyl (C=O) groups is 2. The number of methoxy groups -OCH3 is 1. The highest BCUT2D eigenvalue weighted by Crippen LogP contribution is 2.38. The van der Waals surface area contributed by atoms with E-state index in [-0.39, 0.29) is 46.5 Å². The van der Waals surface area contributed by atoms with Crippen molar-refractivity contribution >= 4 is 29.0 Å². The van der Waals surface area contributed by atoms with E-state index in [2.05, 4.69) is 31.0 Å². The molecule has 4 N–H and O–H groups in total. The van der Waals surface area contributed by atoms with Gasteiger partial charge < -0.3 is 30.3 Å². The molecule has 2 heterocycles. The maximum atomic E-state index is 12.6. The van der Waals surface area contributed by atoms with Gasteiger partial charge in [-0.25, -0.2) is 0 Å². The van der Waals surface area contributed by atoms with Crippen molar-refractivity contribution in [2.45, 2.75) is 19.4 Å². The number of aromatic nitrogens is 4. The fraction of sp³-hybridized carbons (Fsp3) is 0.300. The molecule has 12 nitrogen and oxygen atoms in total. The molecule has 1 aromatic carbocycles. The lowest BCUT2D eigenvalue weighted by molar-refractivity contribution is -0.117. The highest BCUT2D eigenvalue weighted by Gasteiger charge is 2.30. The van der Waals surface area contributed by atoms with Crippen LogP contribution in [0.3, 0.4) is 0 Å². The SMILES string of the molecule is [2H]C([2H])([2H])NC(=O)c1nnc(NC(=O)C2CC2)cc1Nc1cccc(-c2nc(CO)no2)c1OC. The Balaban J connectivity index is 1.72. The minimum Gasteiger partial charge on any atom is -0.494 e. The van der Waals surface area contributed by atoms with Crippen LogP contribution in [0.4, 0.5) is 17.2 Å². The fourth-order valence-corrected chi connectivity index (χ4v) is 2.95. The van der Waals surface area contributed by atoms with E-state index in [0.29, 0.717) is 11.3 Å². The topological polar surface area (TPSA) is 164 Å². The van der Waals surface area contributed by atoms with Crippen LogP contribution in [0.5, 0.6) is 5.75 Å². The first-order valence-corrected chi connectivity index (χ1v) is 9.57. The van der Waals surface area contributed by atoms with Gasteiger partial charge >= 0.3 is 0 Å². The van der Waals surface area contributed by atoms with Gasteiger partial charge in [0.05, 0.1) is 24.0 Å². The number of anilines is 3. The second-order valence-corrected chi connectivity index (χ2v) is 6.89. The van der Waals surface area contributed by atoms with E-state index in [4.69, 9.17) is 13.4 Å². The molecule has 12 heteroatoms. The van der Waals surface area contributed by atoms with Crippen LogP contribution in [0.25, 0.3) is 11.5 Å². The minimum absolute atomic E-state index is 0.0601. The molecule has 3 aromatic rings. The van der Waals surface area contributed by atoms with E-state index in [9.17, 15) is 14.7 Å². The number of para-hydroxylation sites is 1. The van der Waals surface area contributed by atoms with Gasteiger partial charge in [-0.05, 0) is 25.0 Å². The summed E-state index contributed by atoms with van der Waals surface area (Å²) in [4.78, 5) is 28.9. The predicted octanol–water partition coefficient (Wildman–Crippen LogP) is 1.48. The lowest BCUT2D eigenvalue weighted by Crippen LogP contribution is -2.22. The first-order valence-electron chi connectivity index (χ1n) is 11.1. The van der Waals surface area contributed by atoms with Crippen molar-refractivity contribution in [2.75, 3.05) is 24.7 Å². The number of benzene rings is 1. The Morgan fingerprint density at radius 2 is 2.16 bits per heavy atom. The largest absolute Gasteiger partial charge is 0.494 e. The van der Waals surface area contributed by atoms with Gasteiger partial charge in [-0.15, -0.1) is 10.2 Å². The summed E-state index contributed by atoms with van der Waals surface area (Å²) in [5, 5.41) is 28.0. The number of nitrogens with zero attached hydrogens (tertiary/aromatic N) is 4. The van der Waals surface area contributed by atoms with Gasteiger partial charge in [0, 0.05) is 23.1 Å². The zero-order valence-electron chi connectivity index (χ0n) is 19.9. The molecular weight excluding hydrogens is 418 g/mol. The highest BCUT2D eigenvalue weighted by molar-refractivity contribution is 6.00. The highest BCUT2D eigenvalue weighted by atomic mass is 16.5. The van der Waals surface area contributed by atoms with E-state index in [0.717, 1.165) is 12.8 Å². The molecule has 0 atom stereocenters. The molecule has 2 amide bonds. The summed E-state index contributed by atoms with van der Waals surface area (Å²) in [5.74, 6) is -0.821. The number of carbonyl (C=O) groups excluding carboxylic acids is 2. The minimum atomic E-state index is -2.76. The Kier molecular flexibility index (Phi) is 4.94. The molecule has 166 valence electrons. The molecule has 4 rings (SSSR count). The fourth-order valence-electron chi connectivity index (χ4n) is 2.95. The first kappa shape index (κ1) is 17.6. The molecule has 32 heavy (non-hydrogen) atoms. The van der Waals surface area contributed by atoms with E-state index in [1.165, 1.54) is 13.2 Å². The summed E-state index contributed by atoms with van der Waals surface area (Å²) in [7, 11) is 1.40. The van der Waals surface area contributed by atoms with Gasteiger partial charge in [-0.3, -0.25) is 9.59 Å². The molecule has 0 spiro atoms. The third-order valence-electron chi connectivity index (χ3n) is 4.65. The van der Waals surface area contributed by atoms with Crippen LogP contribution in [0.1, 0.15) is 33.3 Å². The van der Waals surface area contributed by atoms with Gasteiger partial charge in [0.25, 0.3) is 11.8 Å². The summed E-state index contributed by atoms with van der Waals surface area (Å²) in [5.41, 5.74) is 0.467. The van der Waals surface area contributed by atoms with Gasteiger partial charge in [0.1, 0.15) is 6.61 Å². The lowest BCUT2D eigenvalue weighted by atomic mass is 10.1. The van der Waals surface area contributed by atoms with Gasteiger partial charge in [0.2, 0.25) is 5.91 Å². The molecule has 1 fully saturated rings. The number of aliphatic hydroxyl groups excluding tert-OH is 1. The standard InChI is InChI=1S/C20H21N7O5/c1-21-19(30)16-13(8-14(25-26-16)23-18(29)10-6-7-10)22-12-5-3-4-11(17(12)31-2)20-24-15(9-28)27-32-20/h3-5,8,10,28H,6-7,9H2,1-2H3,(H,21,30)(H2,22,23,25,29)/i1D3. The van der Waals surface area contributed by atoms with Crippen LogP contribution in [0.2, 0.25) is 0 Å². The summed E-state index contributed by atoms with van der Waals surface area (Å²) < 4.78 is 32.6. The molecule has 1 aliphatic carbocycles. The zero-order chi connectivity index (χ0) is 25.2. The number of aliphatic hydroxyl groups is 1. The molecule has 0 aliphatic heterocycles. The van der Waals surface area contributed by atoms with Crippen molar-refractivity contribution in [1.29, 1.82) is 0 Å². The molecular formula is C20H21N7O5. The maximum Gasteiger partial charge on any atom is 0.273 e. The first-order chi connectivity index (χ1) is 16.7. The van der Waals surface area contributed by atoms with Gasteiger partial charge in [0.15, 0.2) is 23.1 Å². The third-order valence-corrected chi connectivity index (χ3v) is 4.65. The van der Waals surface area contributed by atoms with Crippen LogP contribution in [-0.2, 0) is 11.4 Å². The van der Waals surface area contributed by atoms with E-state index in [1.807, 2.05) is 5.32 Å². The quantitative estimate of drug-likeness (QED) is 0.401. The number of rotatable bonds is 8. The Hall–Kier alpha value is -4.06. The van der Waals surface area contributed by atoms with Crippen molar-refractivity contribution in [3.05, 3.63) is 35.8 Å². The summed E-state index contributed by atoms with van der Waals surface area (Å²) in [6.07, 6.45) is 1.56. The number of nitrogens with one attached hydrogen (secondary N) is 3. The second-order valence-electron chi connectivity index (χ2n) is 6.89. The van der Waals surface area contributed by atoms with Crippen molar-refractivity contribution < 1.29 is 28.1 Å². The van der Waals surface area contributed by atoms with Crippen molar-refractivity contribution in [1.82, 2.24) is 25.7 Å². The van der Waals surface area contributed by atoms with E-state index in [1.54, 1.807) is 18.2 Å². The number of hydrogen-bond acceptors (Lipinski definition) is 10. The molecule has 1 saturated carbocycles. The molecule has 2 aromatic heterocycles. The average Bonchev–Trinajstić information content (AvgIpc) is 3.55. The molecule has 1 aliphatic rings. The van der Waals surface area contributed by atoms with Crippen LogP contribution in [0.15, 0.2) is 28.8 Å². The van der Waals surface area contributed by atoms with E-state index < -0.39 is 19.5 Å². The Labute approximate surface area is 186 Å². The average molecular weight is 442 g/mol. The van der Waals surface area contributed by atoms with Crippen molar-refractivity contribution in [3.8, 4) is 17.2 Å². The van der Waals surface area contributed by atoms with Crippen LogP contribution in [0, 0.1) is 5.92 Å². The molecule has 0 bridgehead atoms. The van der Waals surface area contributed by atoms with Crippen molar-refractivity contribution in [3.63, 3.8) is 0 Å². The second kappa shape index (κ2) is 8.98. The van der Waals surface area contributed by atoms with Crippen molar-refractivity contribution in [2.24, 2.45) is 5.92 Å². The third kappa shape index (κ3) is 4.34. The molecule has 0 saturated heterocycles. The van der Waals surface area contributed by atoms with Gasteiger partial charge in [-0.1, -0.05) is 11.2 Å².